The number of rotatable bonds is 7. The second-order valence-electron chi connectivity index (χ2n) is 3.79. The number of benzene rings is 1. The van der Waals surface area contributed by atoms with Crippen molar-refractivity contribution in [2.45, 2.75) is 6.42 Å². The van der Waals surface area contributed by atoms with E-state index in [1.54, 1.807) is 0 Å². The number of nitrogens with two attached hydrogens (primary N) is 1. The highest BCUT2D eigenvalue weighted by Crippen LogP contribution is 2.28. The normalized spacial score (nSPS) is 9.80. The molecule has 10 heteroatoms. The molecule has 2 amide bonds. The van der Waals surface area contributed by atoms with Gasteiger partial charge >= 0.3 is 6.03 Å². The molecule has 1 rings (SSSR count). The number of urea groups is 1. The highest BCUT2D eigenvalue weighted by molar-refractivity contribution is 5.71. The Morgan fingerprint density at radius 1 is 1.20 bits per heavy atom. The van der Waals surface area contributed by atoms with Gasteiger partial charge in [-0.3, -0.25) is 20.2 Å². The average Bonchev–Trinajstić information content (AvgIpc) is 2.37. The summed E-state index contributed by atoms with van der Waals surface area (Å²) in [7, 11) is 0. The maximum atomic E-state index is 10.8. The average molecular weight is 283 g/mol. The summed E-state index contributed by atoms with van der Waals surface area (Å²) in [4.78, 5) is 30.4. The Labute approximate surface area is 113 Å². The molecule has 0 aliphatic heterocycles. The standard InChI is InChI=1S/C10H13N5O5/c11-10(16)13-5-1-4-12-8-3-2-7(14(17)18)6-9(8)15(19)20/h2-3,6,12H,1,4-5H2,(H3,11,13,16). The minimum atomic E-state index is -0.701. The lowest BCUT2D eigenvalue weighted by Gasteiger charge is -2.07. The topological polar surface area (TPSA) is 153 Å². The molecule has 0 aliphatic rings. The van der Waals surface area contributed by atoms with E-state index in [4.69, 9.17) is 5.73 Å². The Hall–Kier alpha value is -2.91. The summed E-state index contributed by atoms with van der Waals surface area (Å²) in [6.45, 7) is 0.669. The van der Waals surface area contributed by atoms with Crippen LogP contribution in [0.2, 0.25) is 0 Å². The van der Waals surface area contributed by atoms with Gasteiger partial charge in [-0.1, -0.05) is 0 Å². The van der Waals surface area contributed by atoms with Crippen LogP contribution in [-0.4, -0.2) is 29.0 Å². The summed E-state index contributed by atoms with van der Waals surface area (Å²) in [6, 6.07) is 2.70. The first-order valence-corrected chi connectivity index (χ1v) is 5.62. The quantitative estimate of drug-likeness (QED) is 0.385. The molecule has 0 fully saturated rings. The van der Waals surface area contributed by atoms with Gasteiger partial charge in [0, 0.05) is 19.2 Å². The lowest BCUT2D eigenvalue weighted by molar-refractivity contribution is -0.393. The number of carbonyl (C=O) groups is 1. The molecule has 1 aromatic rings. The van der Waals surface area contributed by atoms with Crippen LogP contribution in [0.1, 0.15) is 6.42 Å². The fraction of sp³-hybridized carbons (Fsp3) is 0.300. The summed E-state index contributed by atoms with van der Waals surface area (Å²) in [6.07, 6.45) is 0.497. The molecule has 0 heterocycles. The zero-order valence-corrected chi connectivity index (χ0v) is 10.4. The summed E-state index contributed by atoms with van der Waals surface area (Å²) in [5, 5.41) is 26.6. The van der Waals surface area contributed by atoms with Crippen LogP contribution in [0.5, 0.6) is 0 Å². The summed E-state index contributed by atoms with van der Waals surface area (Å²) < 4.78 is 0. The Morgan fingerprint density at radius 3 is 2.45 bits per heavy atom. The minimum absolute atomic E-state index is 0.180. The van der Waals surface area contributed by atoms with Crippen molar-refractivity contribution < 1.29 is 14.6 Å². The smallest absolute Gasteiger partial charge is 0.312 e. The maximum absolute atomic E-state index is 10.8. The van der Waals surface area contributed by atoms with Gasteiger partial charge < -0.3 is 16.4 Å². The molecule has 0 bridgehead atoms. The van der Waals surface area contributed by atoms with E-state index in [1.807, 2.05) is 0 Å². The van der Waals surface area contributed by atoms with Gasteiger partial charge in [-0.2, -0.15) is 0 Å². The third-order valence-corrected chi connectivity index (χ3v) is 2.36. The molecule has 0 aliphatic carbocycles. The van der Waals surface area contributed by atoms with E-state index < -0.39 is 15.9 Å². The van der Waals surface area contributed by atoms with Gasteiger partial charge in [0.15, 0.2) is 0 Å². The van der Waals surface area contributed by atoms with E-state index in [0.717, 1.165) is 6.07 Å². The summed E-state index contributed by atoms with van der Waals surface area (Å²) in [5.74, 6) is 0. The van der Waals surface area contributed by atoms with Crippen molar-refractivity contribution in [3.8, 4) is 0 Å². The fourth-order valence-electron chi connectivity index (χ4n) is 1.46. The molecule has 0 saturated carbocycles. The molecule has 10 nitrogen and oxygen atoms in total. The molecular formula is C10H13N5O5. The number of nitro benzene ring substituents is 2. The second-order valence-corrected chi connectivity index (χ2v) is 3.79. The van der Waals surface area contributed by atoms with Crippen LogP contribution < -0.4 is 16.4 Å². The number of non-ortho nitro benzene ring substituents is 1. The Balaban J connectivity index is 2.67. The summed E-state index contributed by atoms with van der Waals surface area (Å²) in [5.41, 5.74) is 4.33. The van der Waals surface area contributed by atoms with Crippen LogP contribution >= 0.6 is 0 Å². The Kier molecular flexibility index (Phi) is 5.21. The SMILES string of the molecule is NC(=O)NCCCNc1ccc([N+](=O)[O-])cc1[N+](=O)[O-]. The van der Waals surface area contributed by atoms with Crippen LogP contribution in [0.4, 0.5) is 21.9 Å². The van der Waals surface area contributed by atoms with Crippen molar-refractivity contribution in [1.29, 1.82) is 0 Å². The van der Waals surface area contributed by atoms with Gasteiger partial charge in [-0.25, -0.2) is 4.79 Å². The molecule has 0 radical (unpaired) electrons. The van der Waals surface area contributed by atoms with Gasteiger partial charge in [-0.15, -0.1) is 0 Å². The number of anilines is 1. The van der Waals surface area contributed by atoms with Gasteiger partial charge in [0.05, 0.1) is 15.9 Å². The zero-order chi connectivity index (χ0) is 15.1. The van der Waals surface area contributed by atoms with E-state index in [1.165, 1.54) is 12.1 Å². The molecule has 0 unspecified atom stereocenters. The van der Waals surface area contributed by atoms with Gasteiger partial charge in [0.2, 0.25) is 0 Å². The van der Waals surface area contributed by atoms with Crippen molar-refractivity contribution in [1.82, 2.24) is 5.32 Å². The third-order valence-electron chi connectivity index (χ3n) is 2.36. The number of nitrogens with one attached hydrogen (secondary N) is 2. The largest absolute Gasteiger partial charge is 0.379 e. The first-order valence-electron chi connectivity index (χ1n) is 5.62. The number of hydrogen-bond acceptors (Lipinski definition) is 6. The van der Waals surface area contributed by atoms with Crippen LogP contribution in [0.3, 0.4) is 0 Å². The highest BCUT2D eigenvalue weighted by Gasteiger charge is 2.18. The van der Waals surface area contributed by atoms with Gasteiger partial charge in [-0.05, 0) is 12.5 Å². The van der Waals surface area contributed by atoms with Crippen LogP contribution in [0.25, 0.3) is 0 Å². The first-order chi connectivity index (χ1) is 9.41. The second kappa shape index (κ2) is 6.87. The molecule has 0 spiro atoms. The molecule has 0 aromatic heterocycles. The highest BCUT2D eigenvalue weighted by atomic mass is 16.6. The zero-order valence-electron chi connectivity index (χ0n) is 10.4. The van der Waals surface area contributed by atoms with Crippen LogP contribution in [-0.2, 0) is 0 Å². The van der Waals surface area contributed by atoms with Crippen molar-refractivity contribution in [3.63, 3.8) is 0 Å². The molecule has 4 N–H and O–H groups in total. The summed E-state index contributed by atoms with van der Waals surface area (Å²) >= 11 is 0. The van der Waals surface area contributed by atoms with E-state index >= 15 is 0 Å². The molecule has 0 saturated heterocycles. The maximum Gasteiger partial charge on any atom is 0.312 e. The minimum Gasteiger partial charge on any atom is -0.379 e. The fourth-order valence-corrected chi connectivity index (χ4v) is 1.46. The predicted molar refractivity (Wildman–Crippen MR) is 70.4 cm³/mol. The van der Waals surface area contributed by atoms with Crippen LogP contribution in [0, 0.1) is 20.2 Å². The van der Waals surface area contributed by atoms with Crippen molar-refractivity contribution >= 4 is 23.1 Å². The van der Waals surface area contributed by atoms with E-state index in [0.29, 0.717) is 19.5 Å². The van der Waals surface area contributed by atoms with E-state index in [-0.39, 0.29) is 17.1 Å². The first kappa shape index (κ1) is 15.1. The lowest BCUT2D eigenvalue weighted by Crippen LogP contribution is -2.30. The van der Waals surface area contributed by atoms with E-state index in [2.05, 4.69) is 10.6 Å². The number of amides is 2. The Morgan fingerprint density at radius 2 is 1.90 bits per heavy atom. The van der Waals surface area contributed by atoms with Crippen molar-refractivity contribution in [2.24, 2.45) is 5.73 Å². The molecule has 20 heavy (non-hydrogen) atoms. The number of nitro groups is 2. The molecule has 1 aromatic carbocycles. The predicted octanol–water partition coefficient (Wildman–Crippen LogP) is 0.973. The number of hydrogen-bond donors (Lipinski definition) is 3. The van der Waals surface area contributed by atoms with Gasteiger partial charge in [0.1, 0.15) is 5.69 Å². The van der Waals surface area contributed by atoms with Gasteiger partial charge in [0.25, 0.3) is 11.4 Å². The number of primary amides is 1. The monoisotopic (exact) mass is 283 g/mol. The number of carbonyl (C=O) groups excluding carboxylic acids is 1. The molecular weight excluding hydrogens is 270 g/mol. The van der Waals surface area contributed by atoms with Crippen LogP contribution in [0.15, 0.2) is 18.2 Å². The molecule has 0 atom stereocenters. The Bertz CT molecular complexity index is 533. The van der Waals surface area contributed by atoms with E-state index in [9.17, 15) is 25.0 Å². The molecule has 108 valence electrons. The number of nitrogens with zero attached hydrogens (tertiary/aromatic N) is 2. The lowest BCUT2D eigenvalue weighted by atomic mass is 10.2. The third kappa shape index (κ3) is 4.40. The van der Waals surface area contributed by atoms with Crippen molar-refractivity contribution in [2.75, 3.05) is 18.4 Å². The van der Waals surface area contributed by atoms with Crippen molar-refractivity contribution in [3.05, 3.63) is 38.4 Å².